The number of urea groups is 1. The van der Waals surface area contributed by atoms with E-state index in [9.17, 15) is 4.79 Å². The molecule has 2 heterocycles. The molecule has 130 valence electrons. The van der Waals surface area contributed by atoms with Gasteiger partial charge < -0.3 is 15.2 Å². The Morgan fingerprint density at radius 2 is 2.21 bits per heavy atom. The van der Waals surface area contributed by atoms with E-state index in [2.05, 4.69) is 25.8 Å². The van der Waals surface area contributed by atoms with Gasteiger partial charge in [-0.3, -0.25) is 0 Å². The Morgan fingerprint density at radius 1 is 1.42 bits per heavy atom. The summed E-state index contributed by atoms with van der Waals surface area (Å²) in [5, 5.41) is 12.7. The summed E-state index contributed by atoms with van der Waals surface area (Å²) in [6.07, 6.45) is 6.46. The summed E-state index contributed by atoms with van der Waals surface area (Å²) in [6, 6.07) is -0.561. The maximum absolute atomic E-state index is 12.0. The van der Waals surface area contributed by atoms with E-state index >= 15 is 0 Å². The molecule has 0 saturated heterocycles. The summed E-state index contributed by atoms with van der Waals surface area (Å²) in [7, 11) is 0. The van der Waals surface area contributed by atoms with E-state index in [1.165, 1.54) is 12.8 Å². The van der Waals surface area contributed by atoms with Gasteiger partial charge in [-0.2, -0.15) is 4.98 Å². The fraction of sp³-hybridized carbons (Fsp3) is 0.625. The molecular weight excluding hydrogens is 326 g/mol. The maximum Gasteiger partial charge on any atom is 0.315 e. The lowest BCUT2D eigenvalue weighted by atomic mass is 10.1. The minimum absolute atomic E-state index is 0.184. The molecule has 0 radical (unpaired) electrons. The fourth-order valence-corrected chi connectivity index (χ4v) is 3.59. The topological polar surface area (TPSA) is 92.9 Å². The first-order valence-corrected chi connectivity index (χ1v) is 9.28. The van der Waals surface area contributed by atoms with Gasteiger partial charge in [-0.15, -0.1) is 11.3 Å². The predicted molar refractivity (Wildman–Crippen MR) is 91.0 cm³/mol. The van der Waals surface area contributed by atoms with Gasteiger partial charge in [0, 0.05) is 30.0 Å². The summed E-state index contributed by atoms with van der Waals surface area (Å²) >= 11 is 1.59. The van der Waals surface area contributed by atoms with Crippen molar-refractivity contribution in [3.63, 3.8) is 0 Å². The largest absolute Gasteiger partial charge is 0.337 e. The molecule has 1 fully saturated rings. The van der Waals surface area contributed by atoms with Crippen molar-refractivity contribution in [3.05, 3.63) is 28.3 Å². The number of rotatable bonds is 6. The van der Waals surface area contributed by atoms with E-state index in [1.807, 2.05) is 19.2 Å². The van der Waals surface area contributed by atoms with Crippen LogP contribution in [0.3, 0.4) is 0 Å². The molecule has 1 aliphatic rings. The van der Waals surface area contributed by atoms with Crippen molar-refractivity contribution in [1.82, 2.24) is 25.8 Å². The summed E-state index contributed by atoms with van der Waals surface area (Å²) in [6.45, 7) is 4.41. The Bertz CT molecular complexity index is 651. The summed E-state index contributed by atoms with van der Waals surface area (Å²) in [5.41, 5.74) is 0. The van der Waals surface area contributed by atoms with Crippen LogP contribution in [0.2, 0.25) is 0 Å². The number of aromatic nitrogens is 3. The van der Waals surface area contributed by atoms with E-state index in [1.54, 1.807) is 17.5 Å². The average molecular weight is 349 g/mol. The molecule has 2 aromatic heterocycles. The van der Waals surface area contributed by atoms with Crippen molar-refractivity contribution in [2.75, 3.05) is 6.54 Å². The molecule has 0 unspecified atom stereocenters. The molecule has 2 N–H and O–H groups in total. The first-order valence-electron chi connectivity index (χ1n) is 8.40. The number of amides is 2. The Morgan fingerprint density at radius 3 is 2.92 bits per heavy atom. The SMILES string of the molecule is C[C@H](CNC(=O)N[C@H](C)c1nc(C2CCCC2)no1)c1nccs1. The van der Waals surface area contributed by atoms with Gasteiger partial charge >= 0.3 is 6.03 Å². The summed E-state index contributed by atoms with van der Waals surface area (Å²) < 4.78 is 5.31. The monoisotopic (exact) mass is 349 g/mol. The first-order chi connectivity index (χ1) is 11.6. The van der Waals surface area contributed by atoms with Gasteiger partial charge in [0.25, 0.3) is 0 Å². The molecule has 2 atom stereocenters. The third-order valence-corrected chi connectivity index (χ3v) is 5.34. The third kappa shape index (κ3) is 4.11. The minimum Gasteiger partial charge on any atom is -0.337 e. The highest BCUT2D eigenvalue weighted by atomic mass is 32.1. The van der Waals surface area contributed by atoms with Gasteiger partial charge in [0.1, 0.15) is 6.04 Å². The lowest BCUT2D eigenvalue weighted by Gasteiger charge is -2.13. The first kappa shape index (κ1) is 16.9. The van der Waals surface area contributed by atoms with Gasteiger partial charge in [-0.1, -0.05) is 24.9 Å². The molecule has 7 nitrogen and oxygen atoms in total. The molecule has 2 amide bonds. The zero-order valence-electron chi connectivity index (χ0n) is 14.0. The lowest BCUT2D eigenvalue weighted by Crippen LogP contribution is -2.38. The highest BCUT2D eigenvalue weighted by Crippen LogP contribution is 2.32. The highest BCUT2D eigenvalue weighted by molar-refractivity contribution is 7.09. The van der Waals surface area contributed by atoms with Crippen LogP contribution in [0.1, 0.15) is 74.1 Å². The van der Waals surface area contributed by atoms with Crippen molar-refractivity contribution in [3.8, 4) is 0 Å². The summed E-state index contributed by atoms with van der Waals surface area (Å²) in [4.78, 5) is 20.7. The molecule has 1 saturated carbocycles. The van der Waals surface area contributed by atoms with Crippen LogP contribution in [0.5, 0.6) is 0 Å². The van der Waals surface area contributed by atoms with E-state index in [-0.39, 0.29) is 18.0 Å². The fourth-order valence-electron chi connectivity index (χ4n) is 2.89. The quantitative estimate of drug-likeness (QED) is 0.834. The second-order valence-corrected chi connectivity index (χ2v) is 7.25. The van der Waals surface area contributed by atoms with Crippen LogP contribution in [0, 0.1) is 0 Å². The lowest BCUT2D eigenvalue weighted by molar-refractivity contribution is 0.233. The van der Waals surface area contributed by atoms with Crippen molar-refractivity contribution >= 4 is 17.4 Å². The molecule has 1 aliphatic carbocycles. The van der Waals surface area contributed by atoms with Crippen LogP contribution < -0.4 is 10.6 Å². The van der Waals surface area contributed by atoms with E-state index in [0.717, 1.165) is 23.7 Å². The van der Waals surface area contributed by atoms with Gasteiger partial charge in [-0.05, 0) is 19.8 Å². The van der Waals surface area contributed by atoms with Gasteiger partial charge in [0.15, 0.2) is 5.82 Å². The van der Waals surface area contributed by atoms with Crippen molar-refractivity contribution in [2.45, 2.75) is 57.4 Å². The van der Waals surface area contributed by atoms with Gasteiger partial charge in [0.2, 0.25) is 5.89 Å². The van der Waals surface area contributed by atoms with Gasteiger partial charge in [0.05, 0.1) is 5.01 Å². The average Bonchev–Trinajstić information content (AvgIpc) is 3.34. The van der Waals surface area contributed by atoms with E-state index < -0.39 is 0 Å². The molecule has 0 spiro atoms. The molecule has 0 bridgehead atoms. The van der Waals surface area contributed by atoms with Crippen LogP contribution in [0.4, 0.5) is 4.79 Å². The molecule has 0 aliphatic heterocycles. The maximum atomic E-state index is 12.0. The second kappa shape index (κ2) is 7.74. The van der Waals surface area contributed by atoms with E-state index in [0.29, 0.717) is 18.4 Å². The Labute approximate surface area is 145 Å². The number of thiazole rings is 1. The minimum atomic E-state index is -0.317. The number of hydrogen-bond acceptors (Lipinski definition) is 6. The van der Waals surface area contributed by atoms with E-state index in [4.69, 9.17) is 4.52 Å². The number of nitrogens with zero attached hydrogens (tertiary/aromatic N) is 3. The van der Waals surface area contributed by atoms with Crippen LogP contribution in [0.15, 0.2) is 16.1 Å². The highest BCUT2D eigenvalue weighted by Gasteiger charge is 2.24. The number of hydrogen-bond donors (Lipinski definition) is 2. The number of nitrogens with one attached hydrogen (secondary N) is 2. The van der Waals surface area contributed by atoms with Gasteiger partial charge in [-0.25, -0.2) is 9.78 Å². The summed E-state index contributed by atoms with van der Waals surface area (Å²) in [5.74, 6) is 1.82. The van der Waals surface area contributed by atoms with Crippen LogP contribution in [-0.2, 0) is 0 Å². The Hall–Kier alpha value is -1.96. The predicted octanol–water partition coefficient (Wildman–Crippen LogP) is 3.35. The van der Waals surface area contributed by atoms with Crippen LogP contribution >= 0.6 is 11.3 Å². The normalized spacial score (nSPS) is 17.6. The smallest absolute Gasteiger partial charge is 0.315 e. The molecule has 0 aromatic carbocycles. The van der Waals surface area contributed by atoms with Crippen LogP contribution in [-0.4, -0.2) is 27.7 Å². The Kier molecular flexibility index (Phi) is 5.44. The molecule has 8 heteroatoms. The zero-order chi connectivity index (χ0) is 16.9. The van der Waals surface area contributed by atoms with Crippen LogP contribution in [0.25, 0.3) is 0 Å². The number of carbonyl (C=O) groups excluding carboxylic acids is 1. The standard InChI is InChI=1S/C16H23N5O2S/c1-10(15-17-7-8-24-15)9-18-16(22)19-11(2)14-20-13(21-23-14)12-5-3-4-6-12/h7-8,10-12H,3-6,9H2,1-2H3,(H2,18,19,22)/t10-,11-/m1/s1. The Balaban J connectivity index is 1.47. The zero-order valence-corrected chi connectivity index (χ0v) is 14.8. The molecule has 3 rings (SSSR count). The molecule has 24 heavy (non-hydrogen) atoms. The molecular formula is C16H23N5O2S. The second-order valence-electron chi connectivity index (χ2n) is 6.32. The number of carbonyl (C=O) groups is 1. The van der Waals surface area contributed by atoms with Crippen molar-refractivity contribution < 1.29 is 9.32 Å². The van der Waals surface area contributed by atoms with Crippen molar-refractivity contribution in [1.29, 1.82) is 0 Å². The van der Waals surface area contributed by atoms with Crippen molar-refractivity contribution in [2.24, 2.45) is 0 Å². The third-order valence-electron chi connectivity index (χ3n) is 4.34. The molecule has 2 aromatic rings.